The van der Waals surface area contributed by atoms with Crippen LogP contribution in [-0.4, -0.2) is 4.57 Å². The fourth-order valence-electron chi connectivity index (χ4n) is 1.86. The van der Waals surface area contributed by atoms with Gasteiger partial charge >= 0.3 is 0 Å². The van der Waals surface area contributed by atoms with Crippen LogP contribution >= 0.6 is 11.3 Å². The lowest BCUT2D eigenvalue weighted by Gasteiger charge is -1.93. The summed E-state index contributed by atoms with van der Waals surface area (Å²) < 4.78 is 15.2. The molecular weight excluding hydrogens is 289 g/mol. The van der Waals surface area contributed by atoms with Gasteiger partial charge in [0.2, 0.25) is 0 Å². The maximum Gasteiger partial charge on any atom is 0.269 e. The minimum absolute atomic E-state index is 0.0992. The fraction of sp³-hybridized carbons (Fsp3) is 0.133. The van der Waals surface area contributed by atoms with Crippen molar-refractivity contribution in [3.8, 4) is 12.1 Å². The molecule has 104 valence electrons. The van der Waals surface area contributed by atoms with E-state index in [-0.39, 0.29) is 11.1 Å². The molecule has 0 amide bonds. The summed E-state index contributed by atoms with van der Waals surface area (Å²) in [6.07, 6.45) is 1.55. The molecule has 0 aliphatic heterocycles. The normalized spacial score (nSPS) is 11.0. The monoisotopic (exact) mass is 299 g/mol. The lowest BCUT2D eigenvalue weighted by molar-refractivity contribution is 0.627. The van der Waals surface area contributed by atoms with Crippen molar-refractivity contribution < 1.29 is 4.39 Å². The molecule has 0 aliphatic rings. The first kappa shape index (κ1) is 14.7. The number of aromatic nitrogens is 1. The minimum atomic E-state index is -0.391. The molecule has 0 fully saturated rings. The van der Waals surface area contributed by atoms with E-state index in [0.29, 0.717) is 21.3 Å². The standard InChI is InChI=1S/C15H10FN3OS/c1-2-19-14(20)13(21-15(19)11(8-17)9-18)7-10-4-3-5-12(16)6-10/h3-7H,2H2,1H3. The van der Waals surface area contributed by atoms with Crippen LogP contribution in [0.25, 0.3) is 11.6 Å². The summed E-state index contributed by atoms with van der Waals surface area (Å²) in [7, 11) is 0. The van der Waals surface area contributed by atoms with Crippen LogP contribution < -0.4 is 14.8 Å². The number of hydrogen-bond acceptors (Lipinski definition) is 4. The summed E-state index contributed by atoms with van der Waals surface area (Å²) in [5.41, 5.74) is 0.168. The van der Waals surface area contributed by atoms with Gasteiger partial charge in [-0.05, 0) is 30.7 Å². The minimum Gasteiger partial charge on any atom is -0.298 e. The molecule has 0 spiro atoms. The lowest BCUT2D eigenvalue weighted by Crippen LogP contribution is -2.31. The van der Waals surface area contributed by atoms with E-state index in [4.69, 9.17) is 10.5 Å². The predicted octanol–water partition coefficient (Wildman–Crippen LogP) is 1.10. The molecule has 1 heterocycles. The van der Waals surface area contributed by atoms with Crippen LogP contribution in [0.1, 0.15) is 12.5 Å². The van der Waals surface area contributed by atoms with Gasteiger partial charge in [-0.3, -0.25) is 9.36 Å². The molecule has 0 bridgehead atoms. The lowest BCUT2D eigenvalue weighted by atomic mass is 10.2. The number of thiazole rings is 1. The highest BCUT2D eigenvalue weighted by Crippen LogP contribution is 2.03. The second-order valence-electron chi connectivity index (χ2n) is 4.12. The number of rotatable bonds is 2. The maximum atomic E-state index is 13.2. The van der Waals surface area contributed by atoms with Gasteiger partial charge in [0.15, 0.2) is 5.57 Å². The SMILES string of the molecule is CCn1c(=C(C#N)C#N)sc(=Cc2cccc(F)c2)c1=O. The third-order valence-electron chi connectivity index (χ3n) is 2.81. The van der Waals surface area contributed by atoms with Gasteiger partial charge < -0.3 is 0 Å². The highest BCUT2D eigenvalue weighted by Gasteiger charge is 2.07. The number of hydrogen-bond donors (Lipinski definition) is 0. The Kier molecular flexibility index (Phi) is 4.32. The molecule has 0 N–H and O–H groups in total. The number of halogens is 1. The molecule has 2 rings (SSSR count). The van der Waals surface area contributed by atoms with Crippen LogP contribution in [0, 0.1) is 28.5 Å². The Bertz CT molecular complexity index is 925. The van der Waals surface area contributed by atoms with Gasteiger partial charge in [-0.25, -0.2) is 4.39 Å². The van der Waals surface area contributed by atoms with Gasteiger partial charge in [0.1, 0.15) is 22.6 Å². The molecule has 21 heavy (non-hydrogen) atoms. The molecule has 0 aliphatic carbocycles. The van der Waals surface area contributed by atoms with Crippen molar-refractivity contribution in [3.05, 3.63) is 55.2 Å². The van der Waals surface area contributed by atoms with Crippen LogP contribution in [0.3, 0.4) is 0 Å². The first-order valence-corrected chi connectivity index (χ1v) is 6.93. The van der Waals surface area contributed by atoms with Crippen LogP contribution in [0.4, 0.5) is 4.39 Å². The smallest absolute Gasteiger partial charge is 0.269 e. The van der Waals surface area contributed by atoms with Crippen molar-refractivity contribution in [3.63, 3.8) is 0 Å². The molecule has 0 atom stereocenters. The van der Waals surface area contributed by atoms with E-state index in [2.05, 4.69) is 0 Å². The highest BCUT2D eigenvalue weighted by atomic mass is 32.1. The third kappa shape index (κ3) is 2.91. The molecule has 1 aromatic heterocycles. The Morgan fingerprint density at radius 3 is 2.71 bits per heavy atom. The zero-order valence-electron chi connectivity index (χ0n) is 11.1. The molecule has 0 saturated heterocycles. The van der Waals surface area contributed by atoms with Crippen LogP contribution in [0.5, 0.6) is 0 Å². The summed E-state index contributed by atoms with van der Waals surface area (Å²) in [6, 6.07) is 9.44. The third-order valence-corrected chi connectivity index (χ3v) is 3.94. The fourth-order valence-corrected chi connectivity index (χ4v) is 2.98. The molecule has 0 radical (unpaired) electrons. The van der Waals surface area contributed by atoms with Crippen molar-refractivity contribution in [2.24, 2.45) is 0 Å². The van der Waals surface area contributed by atoms with Crippen molar-refractivity contribution in [2.45, 2.75) is 13.5 Å². The zero-order chi connectivity index (χ0) is 15.4. The topological polar surface area (TPSA) is 69.6 Å². The van der Waals surface area contributed by atoms with Crippen molar-refractivity contribution in [1.29, 1.82) is 10.5 Å². The second kappa shape index (κ2) is 6.17. The van der Waals surface area contributed by atoms with E-state index in [9.17, 15) is 9.18 Å². The Labute approximate surface area is 123 Å². The van der Waals surface area contributed by atoms with Crippen molar-refractivity contribution >= 4 is 23.0 Å². The molecule has 0 saturated carbocycles. The maximum absolute atomic E-state index is 13.2. The van der Waals surface area contributed by atoms with Crippen LogP contribution in [0.15, 0.2) is 29.1 Å². The van der Waals surface area contributed by atoms with E-state index in [1.54, 1.807) is 37.3 Å². The molecule has 6 heteroatoms. The van der Waals surface area contributed by atoms with Gasteiger partial charge in [0.05, 0.1) is 4.53 Å². The Hall–Kier alpha value is -2.70. The summed E-state index contributed by atoms with van der Waals surface area (Å²) in [4.78, 5) is 12.3. The van der Waals surface area contributed by atoms with E-state index in [1.807, 2.05) is 0 Å². The van der Waals surface area contributed by atoms with E-state index >= 15 is 0 Å². The van der Waals surface area contributed by atoms with Gasteiger partial charge in [0.25, 0.3) is 5.56 Å². The molecular formula is C15H10FN3OS. The largest absolute Gasteiger partial charge is 0.298 e. The van der Waals surface area contributed by atoms with Gasteiger partial charge in [0, 0.05) is 6.54 Å². The summed E-state index contributed by atoms with van der Waals surface area (Å²) in [5.74, 6) is -0.391. The summed E-state index contributed by atoms with van der Waals surface area (Å²) in [5, 5.41) is 17.9. The number of nitriles is 2. The average Bonchev–Trinajstić information content (AvgIpc) is 2.77. The molecule has 1 aromatic carbocycles. The summed E-state index contributed by atoms with van der Waals surface area (Å²) >= 11 is 1.06. The first-order chi connectivity index (χ1) is 10.1. The van der Waals surface area contributed by atoms with Gasteiger partial charge in [-0.15, -0.1) is 11.3 Å². The molecule has 0 unspecified atom stereocenters. The Morgan fingerprint density at radius 2 is 2.14 bits per heavy atom. The van der Waals surface area contributed by atoms with E-state index in [1.165, 1.54) is 16.7 Å². The average molecular weight is 299 g/mol. The van der Waals surface area contributed by atoms with Gasteiger partial charge in [-0.2, -0.15) is 10.5 Å². The van der Waals surface area contributed by atoms with Crippen molar-refractivity contribution in [2.75, 3.05) is 0 Å². The van der Waals surface area contributed by atoms with Gasteiger partial charge in [-0.1, -0.05) is 12.1 Å². The van der Waals surface area contributed by atoms with Crippen molar-refractivity contribution in [1.82, 2.24) is 4.57 Å². The Morgan fingerprint density at radius 1 is 1.43 bits per heavy atom. The molecule has 4 nitrogen and oxygen atoms in total. The van der Waals surface area contributed by atoms with E-state index < -0.39 is 5.82 Å². The number of benzene rings is 1. The zero-order valence-corrected chi connectivity index (χ0v) is 11.9. The number of nitrogens with zero attached hydrogens (tertiary/aromatic N) is 3. The predicted molar refractivity (Wildman–Crippen MR) is 78.1 cm³/mol. The second-order valence-corrected chi connectivity index (χ2v) is 5.15. The van der Waals surface area contributed by atoms with Crippen LogP contribution in [0.2, 0.25) is 0 Å². The van der Waals surface area contributed by atoms with E-state index in [0.717, 1.165) is 11.3 Å². The quantitative estimate of drug-likeness (QED) is 0.833. The first-order valence-electron chi connectivity index (χ1n) is 6.12. The van der Waals surface area contributed by atoms with Crippen LogP contribution in [-0.2, 0) is 6.54 Å². The highest BCUT2D eigenvalue weighted by molar-refractivity contribution is 7.07. The Balaban J connectivity index is 2.81. The summed E-state index contributed by atoms with van der Waals surface area (Å²) in [6.45, 7) is 2.12. The molecule has 2 aromatic rings.